The molecule has 1 heterocycles. The average molecular weight is 240 g/mol. The zero-order chi connectivity index (χ0) is 12.1. The number of hydrogen-bond donors (Lipinski definition) is 2. The van der Waals surface area contributed by atoms with Crippen molar-refractivity contribution in [3.8, 4) is 0 Å². The molecular weight excluding hydrogens is 224 g/mol. The summed E-state index contributed by atoms with van der Waals surface area (Å²) < 4.78 is 0. The number of hydrogen-bond acceptors (Lipinski definition) is 3. The van der Waals surface area contributed by atoms with E-state index in [1.807, 2.05) is 13.8 Å². The molecule has 2 N–H and O–H groups in total. The first-order valence-electron chi connectivity index (χ1n) is 5.14. The fourth-order valence-electron chi connectivity index (χ4n) is 1.08. The van der Waals surface area contributed by atoms with Crippen molar-refractivity contribution in [2.45, 2.75) is 20.8 Å². The summed E-state index contributed by atoms with van der Waals surface area (Å²) in [6, 6.07) is 3.45. The van der Waals surface area contributed by atoms with Gasteiger partial charge in [-0.2, -0.15) is 0 Å². The third kappa shape index (κ3) is 4.02. The molecule has 0 spiro atoms. The van der Waals surface area contributed by atoms with E-state index in [9.17, 15) is 9.59 Å². The number of nitrogens with one attached hydrogen (secondary N) is 2. The molecule has 5 heteroatoms. The molecule has 0 saturated carbocycles. The summed E-state index contributed by atoms with van der Waals surface area (Å²) >= 11 is 1.28. The normalized spacial score (nSPS) is 10.2. The highest BCUT2D eigenvalue weighted by molar-refractivity contribution is 7.18. The highest BCUT2D eigenvalue weighted by Crippen LogP contribution is 2.21. The maximum absolute atomic E-state index is 11.6. The monoisotopic (exact) mass is 240 g/mol. The van der Waals surface area contributed by atoms with Crippen LogP contribution in [0, 0.1) is 5.92 Å². The molecule has 0 saturated heterocycles. The van der Waals surface area contributed by atoms with Crippen LogP contribution in [0.15, 0.2) is 12.1 Å². The molecule has 1 aromatic rings. The summed E-state index contributed by atoms with van der Waals surface area (Å²) in [4.78, 5) is 23.1. The first-order chi connectivity index (χ1) is 7.49. The van der Waals surface area contributed by atoms with Crippen LogP contribution in [0.3, 0.4) is 0 Å². The van der Waals surface area contributed by atoms with Gasteiger partial charge in [0.25, 0.3) is 5.91 Å². The minimum atomic E-state index is -0.129. The molecule has 0 unspecified atom stereocenters. The molecule has 1 aromatic heterocycles. The Morgan fingerprint density at radius 1 is 1.38 bits per heavy atom. The van der Waals surface area contributed by atoms with Crippen LogP contribution in [0.5, 0.6) is 0 Å². The molecule has 2 amide bonds. The molecule has 0 fully saturated rings. The van der Waals surface area contributed by atoms with Crippen molar-refractivity contribution >= 4 is 28.2 Å². The van der Waals surface area contributed by atoms with E-state index < -0.39 is 0 Å². The lowest BCUT2D eigenvalue weighted by atomic mass is 10.2. The molecule has 0 aliphatic carbocycles. The van der Waals surface area contributed by atoms with Crippen LogP contribution in [-0.2, 0) is 4.79 Å². The van der Waals surface area contributed by atoms with Gasteiger partial charge in [-0.1, -0.05) is 13.8 Å². The summed E-state index contributed by atoms with van der Waals surface area (Å²) in [5.41, 5.74) is 0. The molecule has 16 heavy (non-hydrogen) atoms. The summed E-state index contributed by atoms with van der Waals surface area (Å²) in [5, 5.41) is 6.16. The Bertz CT molecular complexity index is 385. The van der Waals surface area contributed by atoms with Gasteiger partial charge in [0, 0.05) is 13.5 Å². The van der Waals surface area contributed by atoms with Crippen LogP contribution in [0.25, 0.3) is 0 Å². The quantitative estimate of drug-likeness (QED) is 0.846. The predicted octanol–water partition coefficient (Wildman–Crippen LogP) is 2.09. The molecule has 0 atom stereocenters. The largest absolute Gasteiger partial charge is 0.351 e. The van der Waals surface area contributed by atoms with Crippen molar-refractivity contribution in [3.63, 3.8) is 0 Å². The molecule has 0 radical (unpaired) electrons. The minimum absolute atomic E-state index is 0.0877. The topological polar surface area (TPSA) is 58.2 Å². The van der Waals surface area contributed by atoms with Crippen LogP contribution in [-0.4, -0.2) is 18.4 Å². The summed E-state index contributed by atoms with van der Waals surface area (Å²) in [6.45, 7) is 6.18. The van der Waals surface area contributed by atoms with Gasteiger partial charge in [0.2, 0.25) is 5.91 Å². The second kappa shape index (κ2) is 5.65. The lowest BCUT2D eigenvalue weighted by molar-refractivity contribution is -0.114. The van der Waals surface area contributed by atoms with E-state index in [-0.39, 0.29) is 11.8 Å². The standard InChI is InChI=1S/C11H16N2O2S/c1-7(2)6-12-11(15)9-4-5-10(16-9)13-8(3)14/h4-5,7H,6H2,1-3H3,(H,12,15)(H,13,14). The molecule has 0 aliphatic heterocycles. The van der Waals surface area contributed by atoms with Gasteiger partial charge in [-0.3, -0.25) is 9.59 Å². The van der Waals surface area contributed by atoms with E-state index in [1.54, 1.807) is 12.1 Å². The fraction of sp³-hybridized carbons (Fsp3) is 0.455. The third-order valence-corrected chi connectivity index (χ3v) is 2.80. The maximum atomic E-state index is 11.6. The number of carbonyl (C=O) groups excluding carboxylic acids is 2. The van der Waals surface area contributed by atoms with Crippen LogP contribution < -0.4 is 10.6 Å². The Labute approximate surface area is 99.0 Å². The van der Waals surface area contributed by atoms with Crippen molar-refractivity contribution in [1.29, 1.82) is 0 Å². The van der Waals surface area contributed by atoms with Crippen LogP contribution in [0.4, 0.5) is 5.00 Å². The van der Waals surface area contributed by atoms with E-state index in [0.29, 0.717) is 22.3 Å². The Morgan fingerprint density at radius 2 is 2.06 bits per heavy atom. The van der Waals surface area contributed by atoms with E-state index in [0.717, 1.165) is 0 Å². The van der Waals surface area contributed by atoms with E-state index >= 15 is 0 Å². The molecule has 0 aromatic carbocycles. The maximum Gasteiger partial charge on any atom is 0.261 e. The number of carbonyl (C=O) groups is 2. The molecule has 0 aliphatic rings. The van der Waals surface area contributed by atoms with Gasteiger partial charge in [0.05, 0.1) is 9.88 Å². The van der Waals surface area contributed by atoms with Gasteiger partial charge in [0.15, 0.2) is 0 Å². The Hall–Kier alpha value is -1.36. The van der Waals surface area contributed by atoms with Crippen LogP contribution >= 0.6 is 11.3 Å². The highest BCUT2D eigenvalue weighted by atomic mass is 32.1. The number of amides is 2. The lowest BCUT2D eigenvalue weighted by Gasteiger charge is -2.05. The first kappa shape index (κ1) is 12.7. The van der Waals surface area contributed by atoms with Gasteiger partial charge in [-0.05, 0) is 18.1 Å². The summed E-state index contributed by atoms with van der Waals surface area (Å²) in [7, 11) is 0. The number of rotatable bonds is 4. The van der Waals surface area contributed by atoms with E-state index in [1.165, 1.54) is 18.3 Å². The Morgan fingerprint density at radius 3 is 2.62 bits per heavy atom. The minimum Gasteiger partial charge on any atom is -0.351 e. The van der Waals surface area contributed by atoms with Crippen molar-refractivity contribution in [1.82, 2.24) is 5.32 Å². The van der Waals surface area contributed by atoms with Gasteiger partial charge in [-0.25, -0.2) is 0 Å². The SMILES string of the molecule is CC(=O)Nc1ccc(C(=O)NCC(C)C)s1. The number of thiophene rings is 1. The van der Waals surface area contributed by atoms with Crippen LogP contribution in [0.2, 0.25) is 0 Å². The lowest BCUT2D eigenvalue weighted by Crippen LogP contribution is -2.26. The zero-order valence-corrected chi connectivity index (χ0v) is 10.5. The Kier molecular flexibility index (Phi) is 4.49. The van der Waals surface area contributed by atoms with Gasteiger partial charge < -0.3 is 10.6 Å². The van der Waals surface area contributed by atoms with Crippen molar-refractivity contribution < 1.29 is 9.59 Å². The third-order valence-electron chi connectivity index (χ3n) is 1.80. The molecule has 0 bridgehead atoms. The zero-order valence-electron chi connectivity index (χ0n) is 9.66. The average Bonchev–Trinajstić information content (AvgIpc) is 2.61. The first-order valence-corrected chi connectivity index (χ1v) is 5.96. The summed E-state index contributed by atoms with van der Waals surface area (Å²) in [6.07, 6.45) is 0. The predicted molar refractivity (Wildman–Crippen MR) is 65.8 cm³/mol. The molecule has 4 nitrogen and oxygen atoms in total. The fourth-order valence-corrected chi connectivity index (χ4v) is 1.95. The number of anilines is 1. The van der Waals surface area contributed by atoms with Gasteiger partial charge in [0.1, 0.15) is 0 Å². The molecule has 1 rings (SSSR count). The second-order valence-corrected chi connectivity index (χ2v) is 5.03. The van der Waals surface area contributed by atoms with Gasteiger partial charge in [-0.15, -0.1) is 11.3 Å². The highest BCUT2D eigenvalue weighted by Gasteiger charge is 2.09. The van der Waals surface area contributed by atoms with E-state index in [2.05, 4.69) is 10.6 Å². The second-order valence-electron chi connectivity index (χ2n) is 3.95. The Balaban J connectivity index is 2.56. The van der Waals surface area contributed by atoms with Crippen molar-refractivity contribution in [3.05, 3.63) is 17.0 Å². The van der Waals surface area contributed by atoms with Crippen LogP contribution in [0.1, 0.15) is 30.4 Å². The molecular formula is C11H16N2O2S. The molecule has 88 valence electrons. The van der Waals surface area contributed by atoms with Crippen molar-refractivity contribution in [2.75, 3.05) is 11.9 Å². The smallest absolute Gasteiger partial charge is 0.261 e. The van der Waals surface area contributed by atoms with E-state index in [4.69, 9.17) is 0 Å². The van der Waals surface area contributed by atoms with Crippen molar-refractivity contribution in [2.24, 2.45) is 5.92 Å². The van der Waals surface area contributed by atoms with Gasteiger partial charge >= 0.3 is 0 Å². The summed E-state index contributed by atoms with van der Waals surface area (Å²) in [5.74, 6) is 0.213.